The van der Waals surface area contributed by atoms with Crippen molar-refractivity contribution < 1.29 is 4.79 Å². The number of aromatic nitrogens is 2. The van der Waals surface area contributed by atoms with E-state index in [1.807, 2.05) is 29.7 Å². The maximum absolute atomic E-state index is 11.3. The zero-order chi connectivity index (χ0) is 10.3. The van der Waals surface area contributed by atoms with Gasteiger partial charge in [-0.1, -0.05) is 0 Å². The molecule has 0 bridgehead atoms. The standard InChI is InChI=1S/C10H9BrN2O/c1-6-9-4-3-8(11)5-13(9)10(12-6)7(2)14/h3-5H,1-2H3. The predicted molar refractivity (Wildman–Crippen MR) is 57.6 cm³/mol. The molecular weight excluding hydrogens is 244 g/mol. The first-order valence-corrected chi connectivity index (χ1v) is 5.04. The van der Waals surface area contributed by atoms with Gasteiger partial charge in [0.1, 0.15) is 0 Å². The zero-order valence-electron chi connectivity index (χ0n) is 7.91. The maximum Gasteiger partial charge on any atom is 0.195 e. The number of hydrogen-bond donors (Lipinski definition) is 0. The normalized spacial score (nSPS) is 10.8. The molecule has 0 saturated heterocycles. The Morgan fingerprint density at radius 3 is 2.86 bits per heavy atom. The fourth-order valence-electron chi connectivity index (χ4n) is 1.46. The average Bonchev–Trinajstić information content (AvgIpc) is 2.43. The number of halogens is 1. The van der Waals surface area contributed by atoms with Crippen LogP contribution in [0.2, 0.25) is 0 Å². The molecule has 0 unspecified atom stereocenters. The number of fused-ring (bicyclic) bond motifs is 1. The van der Waals surface area contributed by atoms with E-state index < -0.39 is 0 Å². The van der Waals surface area contributed by atoms with Crippen LogP contribution in [-0.2, 0) is 0 Å². The number of ketones is 1. The van der Waals surface area contributed by atoms with Crippen molar-refractivity contribution in [2.75, 3.05) is 0 Å². The van der Waals surface area contributed by atoms with Gasteiger partial charge in [-0.05, 0) is 35.0 Å². The Morgan fingerprint density at radius 2 is 2.21 bits per heavy atom. The predicted octanol–water partition coefficient (Wildman–Crippen LogP) is 2.61. The molecule has 3 nitrogen and oxygen atoms in total. The highest BCUT2D eigenvalue weighted by Crippen LogP contribution is 2.17. The molecule has 2 rings (SSSR count). The van der Waals surface area contributed by atoms with Gasteiger partial charge in [0.2, 0.25) is 0 Å². The number of nitrogens with zero attached hydrogens (tertiary/aromatic N) is 2. The average molecular weight is 253 g/mol. The molecule has 0 fully saturated rings. The van der Waals surface area contributed by atoms with E-state index in [2.05, 4.69) is 20.9 Å². The summed E-state index contributed by atoms with van der Waals surface area (Å²) in [5.41, 5.74) is 1.85. The largest absolute Gasteiger partial charge is 0.296 e. The molecule has 0 radical (unpaired) electrons. The molecule has 14 heavy (non-hydrogen) atoms. The van der Waals surface area contributed by atoms with E-state index in [-0.39, 0.29) is 5.78 Å². The smallest absolute Gasteiger partial charge is 0.195 e. The van der Waals surface area contributed by atoms with Crippen LogP contribution in [0.15, 0.2) is 22.8 Å². The van der Waals surface area contributed by atoms with E-state index in [1.165, 1.54) is 6.92 Å². The first kappa shape index (κ1) is 9.40. The molecule has 0 amide bonds. The Kier molecular flexibility index (Phi) is 2.15. The SMILES string of the molecule is CC(=O)c1nc(C)c2ccc(Br)cn12. The second-order valence-electron chi connectivity index (χ2n) is 3.18. The minimum absolute atomic E-state index is 0.0220. The summed E-state index contributed by atoms with van der Waals surface area (Å²) in [5, 5.41) is 0. The van der Waals surface area contributed by atoms with Crippen molar-refractivity contribution in [3.05, 3.63) is 34.3 Å². The van der Waals surface area contributed by atoms with Gasteiger partial charge in [-0.15, -0.1) is 0 Å². The van der Waals surface area contributed by atoms with E-state index in [0.717, 1.165) is 15.7 Å². The third-order valence-electron chi connectivity index (χ3n) is 2.10. The Labute approximate surface area is 89.9 Å². The highest BCUT2D eigenvalue weighted by Gasteiger charge is 2.11. The minimum Gasteiger partial charge on any atom is -0.296 e. The highest BCUT2D eigenvalue weighted by molar-refractivity contribution is 9.10. The molecule has 2 aromatic rings. The highest BCUT2D eigenvalue weighted by atomic mass is 79.9. The van der Waals surface area contributed by atoms with E-state index in [0.29, 0.717) is 5.82 Å². The van der Waals surface area contributed by atoms with E-state index in [1.54, 1.807) is 0 Å². The van der Waals surface area contributed by atoms with Crippen LogP contribution in [0.3, 0.4) is 0 Å². The monoisotopic (exact) mass is 252 g/mol. The number of aryl methyl sites for hydroxylation is 1. The lowest BCUT2D eigenvalue weighted by atomic mass is 10.3. The van der Waals surface area contributed by atoms with Crippen LogP contribution in [0.5, 0.6) is 0 Å². The molecule has 0 aliphatic rings. The number of carbonyl (C=O) groups is 1. The quantitative estimate of drug-likeness (QED) is 0.732. The molecule has 0 N–H and O–H groups in total. The zero-order valence-corrected chi connectivity index (χ0v) is 9.50. The van der Waals surface area contributed by atoms with Crippen LogP contribution in [0.4, 0.5) is 0 Å². The summed E-state index contributed by atoms with van der Waals surface area (Å²) in [7, 11) is 0. The lowest BCUT2D eigenvalue weighted by molar-refractivity contribution is 0.100. The Morgan fingerprint density at radius 1 is 1.50 bits per heavy atom. The molecule has 0 spiro atoms. The Bertz CT molecular complexity index is 516. The third kappa shape index (κ3) is 1.35. The van der Waals surface area contributed by atoms with Crippen molar-refractivity contribution in [3.8, 4) is 0 Å². The second kappa shape index (κ2) is 3.20. The Hall–Kier alpha value is -1.16. The van der Waals surface area contributed by atoms with Crippen LogP contribution in [-0.4, -0.2) is 15.2 Å². The van der Waals surface area contributed by atoms with Crippen LogP contribution >= 0.6 is 15.9 Å². The number of pyridine rings is 1. The van der Waals surface area contributed by atoms with Crippen molar-refractivity contribution >= 4 is 27.2 Å². The van der Waals surface area contributed by atoms with Crippen molar-refractivity contribution in [1.82, 2.24) is 9.38 Å². The molecule has 2 heterocycles. The lowest BCUT2D eigenvalue weighted by Gasteiger charge is -1.97. The molecule has 0 aromatic carbocycles. The van der Waals surface area contributed by atoms with Gasteiger partial charge in [0.05, 0.1) is 11.2 Å². The van der Waals surface area contributed by atoms with E-state index in [4.69, 9.17) is 0 Å². The van der Waals surface area contributed by atoms with Crippen LogP contribution in [0.25, 0.3) is 5.52 Å². The van der Waals surface area contributed by atoms with Gasteiger partial charge >= 0.3 is 0 Å². The Balaban J connectivity index is 2.85. The third-order valence-corrected chi connectivity index (χ3v) is 2.57. The summed E-state index contributed by atoms with van der Waals surface area (Å²) in [4.78, 5) is 15.5. The van der Waals surface area contributed by atoms with Crippen molar-refractivity contribution in [2.24, 2.45) is 0 Å². The van der Waals surface area contributed by atoms with Crippen molar-refractivity contribution in [2.45, 2.75) is 13.8 Å². The number of hydrogen-bond acceptors (Lipinski definition) is 2. The van der Waals surface area contributed by atoms with Crippen LogP contribution in [0, 0.1) is 6.92 Å². The second-order valence-corrected chi connectivity index (χ2v) is 4.10. The van der Waals surface area contributed by atoms with E-state index in [9.17, 15) is 4.79 Å². The maximum atomic E-state index is 11.3. The summed E-state index contributed by atoms with van der Waals surface area (Å²) in [6, 6.07) is 3.88. The summed E-state index contributed by atoms with van der Waals surface area (Å²) >= 11 is 3.37. The van der Waals surface area contributed by atoms with Crippen LogP contribution in [0.1, 0.15) is 23.2 Å². The minimum atomic E-state index is -0.0220. The molecule has 2 aromatic heterocycles. The van der Waals surface area contributed by atoms with Gasteiger partial charge in [-0.3, -0.25) is 9.20 Å². The summed E-state index contributed by atoms with van der Waals surface area (Å²) < 4.78 is 2.74. The van der Waals surface area contributed by atoms with Crippen molar-refractivity contribution in [3.63, 3.8) is 0 Å². The first-order chi connectivity index (χ1) is 6.59. The van der Waals surface area contributed by atoms with E-state index >= 15 is 0 Å². The number of carbonyl (C=O) groups excluding carboxylic acids is 1. The summed E-state index contributed by atoms with van der Waals surface area (Å²) in [6.45, 7) is 3.42. The number of Topliss-reactive ketones (excluding diaryl/α,β-unsaturated/α-hetero) is 1. The fourth-order valence-corrected chi connectivity index (χ4v) is 1.80. The van der Waals surface area contributed by atoms with Gasteiger partial charge in [0.25, 0.3) is 0 Å². The van der Waals surface area contributed by atoms with Gasteiger partial charge in [0, 0.05) is 17.6 Å². The van der Waals surface area contributed by atoms with Gasteiger partial charge in [0.15, 0.2) is 11.6 Å². The lowest BCUT2D eigenvalue weighted by Crippen LogP contribution is -1.99. The van der Waals surface area contributed by atoms with Crippen molar-refractivity contribution in [1.29, 1.82) is 0 Å². The molecule has 72 valence electrons. The fraction of sp³-hybridized carbons (Fsp3) is 0.200. The topological polar surface area (TPSA) is 34.4 Å². The number of rotatable bonds is 1. The van der Waals surface area contributed by atoms with Gasteiger partial charge in [-0.2, -0.15) is 0 Å². The molecule has 0 saturated carbocycles. The van der Waals surface area contributed by atoms with Gasteiger partial charge < -0.3 is 0 Å². The van der Waals surface area contributed by atoms with Gasteiger partial charge in [-0.25, -0.2) is 4.98 Å². The summed E-state index contributed by atoms with van der Waals surface area (Å²) in [6.07, 6.45) is 1.85. The first-order valence-electron chi connectivity index (χ1n) is 4.25. The number of imidazole rings is 1. The molecule has 4 heteroatoms. The van der Waals surface area contributed by atoms with Crippen LogP contribution < -0.4 is 0 Å². The molecule has 0 aliphatic carbocycles. The molecule has 0 atom stereocenters. The summed E-state index contributed by atoms with van der Waals surface area (Å²) in [5.74, 6) is 0.463. The molecular formula is C10H9BrN2O. The molecule has 0 aliphatic heterocycles.